The molecule has 1 rings (SSSR count). The highest BCUT2D eigenvalue weighted by Gasteiger charge is 2.26. The van der Waals surface area contributed by atoms with Crippen molar-refractivity contribution in [1.82, 2.24) is 10.6 Å². The van der Waals surface area contributed by atoms with Crippen LogP contribution in [0.2, 0.25) is 0 Å². The lowest BCUT2D eigenvalue weighted by Gasteiger charge is -2.20. The lowest BCUT2D eigenvalue weighted by atomic mass is 10.1. The van der Waals surface area contributed by atoms with Crippen molar-refractivity contribution in [2.45, 2.75) is 25.9 Å². The van der Waals surface area contributed by atoms with E-state index in [2.05, 4.69) is 10.6 Å². The van der Waals surface area contributed by atoms with Crippen LogP contribution in [0.1, 0.15) is 19.4 Å². The minimum atomic E-state index is -1.11. The molecular formula is C13H18N2O3. The first-order chi connectivity index (χ1) is 8.42. The molecule has 0 heterocycles. The Hall–Kier alpha value is -1.88. The summed E-state index contributed by atoms with van der Waals surface area (Å²) in [6.07, 6.45) is 0. The third-order valence-electron chi connectivity index (χ3n) is 2.56. The number of amides is 1. The summed E-state index contributed by atoms with van der Waals surface area (Å²) in [7, 11) is 0. The van der Waals surface area contributed by atoms with Gasteiger partial charge in [-0.1, -0.05) is 30.3 Å². The van der Waals surface area contributed by atoms with Crippen LogP contribution in [-0.4, -0.2) is 29.1 Å². The maximum absolute atomic E-state index is 11.5. The lowest BCUT2D eigenvalue weighted by molar-refractivity contribution is -0.143. The van der Waals surface area contributed by atoms with E-state index < -0.39 is 11.5 Å². The minimum Gasteiger partial charge on any atom is -0.480 e. The average molecular weight is 250 g/mol. The molecule has 0 saturated heterocycles. The summed E-state index contributed by atoms with van der Waals surface area (Å²) in [6.45, 7) is 3.45. The van der Waals surface area contributed by atoms with Crippen molar-refractivity contribution >= 4 is 11.9 Å². The Morgan fingerprint density at radius 1 is 1.22 bits per heavy atom. The Bertz CT molecular complexity index is 416. The zero-order valence-electron chi connectivity index (χ0n) is 10.6. The number of benzene rings is 1. The molecule has 5 nitrogen and oxygen atoms in total. The van der Waals surface area contributed by atoms with Gasteiger partial charge < -0.3 is 10.4 Å². The van der Waals surface area contributed by atoms with Crippen LogP contribution in [-0.2, 0) is 16.1 Å². The number of nitrogens with one attached hydrogen (secondary N) is 2. The number of hydrogen-bond acceptors (Lipinski definition) is 3. The van der Waals surface area contributed by atoms with Gasteiger partial charge in [-0.25, -0.2) is 0 Å². The van der Waals surface area contributed by atoms with Crippen LogP contribution in [0.5, 0.6) is 0 Å². The van der Waals surface area contributed by atoms with Crippen molar-refractivity contribution in [3.8, 4) is 0 Å². The van der Waals surface area contributed by atoms with Crippen LogP contribution in [0.25, 0.3) is 0 Å². The maximum atomic E-state index is 11.5. The number of carbonyl (C=O) groups excluding carboxylic acids is 1. The van der Waals surface area contributed by atoms with Gasteiger partial charge in [-0.3, -0.25) is 14.9 Å². The molecule has 0 bridgehead atoms. The van der Waals surface area contributed by atoms with E-state index in [-0.39, 0.29) is 12.5 Å². The Morgan fingerprint density at radius 2 is 1.83 bits per heavy atom. The van der Waals surface area contributed by atoms with Crippen molar-refractivity contribution in [2.24, 2.45) is 0 Å². The molecule has 18 heavy (non-hydrogen) atoms. The number of rotatable bonds is 6. The quantitative estimate of drug-likeness (QED) is 0.696. The molecule has 0 saturated carbocycles. The standard InChI is InChI=1S/C13H18N2O3/c1-13(2,12(17)18)15-9-11(16)14-8-10-6-4-3-5-7-10/h3-7,15H,8-9H2,1-2H3,(H,14,16)(H,17,18). The van der Waals surface area contributed by atoms with Crippen LogP contribution in [0.3, 0.4) is 0 Å². The molecule has 0 aromatic heterocycles. The Labute approximate surface area is 106 Å². The van der Waals surface area contributed by atoms with Crippen LogP contribution >= 0.6 is 0 Å². The third-order valence-corrected chi connectivity index (χ3v) is 2.56. The maximum Gasteiger partial charge on any atom is 0.323 e. The fourth-order valence-electron chi connectivity index (χ4n) is 1.24. The van der Waals surface area contributed by atoms with Gasteiger partial charge >= 0.3 is 5.97 Å². The molecule has 1 amide bonds. The SMILES string of the molecule is CC(C)(NCC(=O)NCc1ccccc1)C(=O)O. The summed E-state index contributed by atoms with van der Waals surface area (Å²) >= 11 is 0. The van der Waals surface area contributed by atoms with Crippen LogP contribution in [0.4, 0.5) is 0 Å². The molecule has 5 heteroatoms. The molecule has 0 aliphatic rings. The molecular weight excluding hydrogens is 232 g/mol. The van der Waals surface area contributed by atoms with Gasteiger partial charge in [0.05, 0.1) is 6.54 Å². The monoisotopic (exact) mass is 250 g/mol. The highest BCUT2D eigenvalue weighted by atomic mass is 16.4. The number of carboxylic acids is 1. The summed E-state index contributed by atoms with van der Waals surface area (Å²) in [5.74, 6) is -1.22. The predicted molar refractivity (Wildman–Crippen MR) is 68.0 cm³/mol. The largest absolute Gasteiger partial charge is 0.480 e. The molecule has 0 radical (unpaired) electrons. The van der Waals surface area contributed by atoms with E-state index in [0.717, 1.165) is 5.56 Å². The second-order valence-electron chi connectivity index (χ2n) is 4.55. The van der Waals surface area contributed by atoms with Gasteiger partial charge in [0.1, 0.15) is 5.54 Å². The van der Waals surface area contributed by atoms with E-state index >= 15 is 0 Å². The Morgan fingerprint density at radius 3 is 2.39 bits per heavy atom. The lowest BCUT2D eigenvalue weighted by Crippen LogP contribution is -2.50. The van der Waals surface area contributed by atoms with Gasteiger partial charge in [0, 0.05) is 6.54 Å². The number of aliphatic carboxylic acids is 1. The van der Waals surface area contributed by atoms with Crippen LogP contribution in [0, 0.1) is 0 Å². The minimum absolute atomic E-state index is 0.0217. The molecule has 0 aliphatic heterocycles. The van der Waals surface area contributed by atoms with Crippen molar-refractivity contribution in [3.05, 3.63) is 35.9 Å². The van der Waals surface area contributed by atoms with E-state index in [1.165, 1.54) is 13.8 Å². The van der Waals surface area contributed by atoms with Crippen molar-refractivity contribution < 1.29 is 14.7 Å². The van der Waals surface area contributed by atoms with Gasteiger partial charge in [0.25, 0.3) is 0 Å². The first kappa shape index (κ1) is 14.2. The van der Waals surface area contributed by atoms with Crippen LogP contribution < -0.4 is 10.6 Å². The van der Waals surface area contributed by atoms with Gasteiger partial charge in [-0.15, -0.1) is 0 Å². The smallest absolute Gasteiger partial charge is 0.323 e. The Kier molecular flexibility index (Phi) is 4.85. The molecule has 0 spiro atoms. The van der Waals surface area contributed by atoms with Crippen molar-refractivity contribution in [3.63, 3.8) is 0 Å². The van der Waals surface area contributed by atoms with E-state index in [1.54, 1.807) is 0 Å². The van der Waals surface area contributed by atoms with Gasteiger partial charge in [0.2, 0.25) is 5.91 Å². The predicted octanol–water partition coefficient (Wildman–Crippen LogP) is 0.756. The summed E-state index contributed by atoms with van der Waals surface area (Å²) in [5.41, 5.74) is -0.104. The number of carboxylic acid groups (broad SMARTS) is 1. The van der Waals surface area contributed by atoms with Crippen molar-refractivity contribution in [1.29, 1.82) is 0 Å². The fourth-order valence-corrected chi connectivity index (χ4v) is 1.24. The van der Waals surface area contributed by atoms with Gasteiger partial charge in [-0.05, 0) is 19.4 Å². The fraction of sp³-hybridized carbons (Fsp3) is 0.385. The van der Waals surface area contributed by atoms with Gasteiger partial charge in [0.15, 0.2) is 0 Å². The van der Waals surface area contributed by atoms with E-state index in [9.17, 15) is 9.59 Å². The van der Waals surface area contributed by atoms with Crippen molar-refractivity contribution in [2.75, 3.05) is 6.54 Å². The van der Waals surface area contributed by atoms with Crippen LogP contribution in [0.15, 0.2) is 30.3 Å². The van der Waals surface area contributed by atoms with E-state index in [4.69, 9.17) is 5.11 Å². The summed E-state index contributed by atoms with van der Waals surface area (Å²) in [6, 6.07) is 9.52. The van der Waals surface area contributed by atoms with Gasteiger partial charge in [-0.2, -0.15) is 0 Å². The number of carbonyl (C=O) groups is 2. The second-order valence-corrected chi connectivity index (χ2v) is 4.55. The molecule has 0 aliphatic carbocycles. The molecule has 1 aromatic carbocycles. The molecule has 98 valence electrons. The average Bonchev–Trinajstić information content (AvgIpc) is 2.35. The molecule has 0 fully saturated rings. The first-order valence-corrected chi connectivity index (χ1v) is 5.71. The van der Waals surface area contributed by atoms with E-state index in [1.807, 2.05) is 30.3 Å². The third kappa shape index (κ3) is 4.55. The summed E-state index contributed by atoms with van der Waals surface area (Å²) in [4.78, 5) is 22.3. The highest BCUT2D eigenvalue weighted by Crippen LogP contribution is 2.01. The number of hydrogen-bond donors (Lipinski definition) is 3. The molecule has 1 aromatic rings. The molecule has 0 atom stereocenters. The zero-order chi connectivity index (χ0) is 13.6. The normalized spacial score (nSPS) is 11.0. The first-order valence-electron chi connectivity index (χ1n) is 5.71. The zero-order valence-corrected chi connectivity index (χ0v) is 10.6. The Balaban J connectivity index is 2.33. The topological polar surface area (TPSA) is 78.4 Å². The summed E-state index contributed by atoms with van der Waals surface area (Å²) < 4.78 is 0. The highest BCUT2D eigenvalue weighted by molar-refractivity contribution is 5.81. The second kappa shape index (κ2) is 6.16. The summed E-state index contributed by atoms with van der Waals surface area (Å²) in [5, 5.41) is 14.3. The molecule has 3 N–H and O–H groups in total. The molecule has 0 unspecified atom stereocenters. The van der Waals surface area contributed by atoms with E-state index in [0.29, 0.717) is 6.54 Å².